The quantitative estimate of drug-likeness (QED) is 0.736. The van der Waals surface area contributed by atoms with Crippen LogP contribution >= 0.6 is 12.6 Å². The second-order valence-corrected chi connectivity index (χ2v) is 4.97. The number of rotatable bonds is 6. The fraction of sp³-hybridized carbons (Fsp3) is 0.571. The van der Waals surface area contributed by atoms with Gasteiger partial charge in [0.25, 0.3) is 0 Å². The zero-order chi connectivity index (χ0) is 12.0. The second kappa shape index (κ2) is 6.85. The van der Waals surface area contributed by atoms with Gasteiger partial charge in [-0.1, -0.05) is 24.6 Å². The van der Waals surface area contributed by atoms with E-state index in [-0.39, 0.29) is 0 Å². The highest BCUT2D eigenvalue weighted by atomic mass is 32.1. The van der Waals surface area contributed by atoms with Gasteiger partial charge in [-0.3, -0.25) is 0 Å². The number of aryl methyl sites for hydroxylation is 2. The summed E-state index contributed by atoms with van der Waals surface area (Å²) in [6.45, 7) is 7.26. The highest BCUT2D eigenvalue weighted by Crippen LogP contribution is 2.19. The average molecular weight is 238 g/mol. The van der Waals surface area contributed by atoms with Crippen LogP contribution in [0.15, 0.2) is 18.2 Å². The summed E-state index contributed by atoms with van der Waals surface area (Å²) in [5, 5.41) is 0. The molecule has 0 heterocycles. The van der Waals surface area contributed by atoms with Gasteiger partial charge >= 0.3 is 0 Å². The van der Waals surface area contributed by atoms with E-state index in [1.807, 2.05) is 0 Å². The Morgan fingerprint density at radius 3 is 2.62 bits per heavy atom. The maximum absolute atomic E-state index is 5.78. The Labute approximate surface area is 105 Å². The molecule has 1 aromatic rings. The highest BCUT2D eigenvalue weighted by Gasteiger charge is 2.03. The van der Waals surface area contributed by atoms with Gasteiger partial charge in [0.05, 0.1) is 6.61 Å². The zero-order valence-corrected chi connectivity index (χ0v) is 11.4. The number of thiol groups is 1. The topological polar surface area (TPSA) is 9.23 Å². The molecule has 90 valence electrons. The molecule has 1 nitrogen and oxygen atoms in total. The summed E-state index contributed by atoms with van der Waals surface area (Å²) < 4.78 is 5.78. The third kappa shape index (κ3) is 4.48. The standard InChI is InChI=1S/C14H22OS/c1-11(7-9-16)6-8-15-14-5-4-12(2)10-13(14)3/h4-5,10-11,16H,6-9H2,1-3H3. The molecule has 2 heteroatoms. The summed E-state index contributed by atoms with van der Waals surface area (Å²) in [7, 11) is 0. The average Bonchev–Trinajstić information content (AvgIpc) is 2.22. The molecule has 1 unspecified atom stereocenters. The first-order valence-electron chi connectivity index (χ1n) is 5.94. The van der Waals surface area contributed by atoms with Gasteiger partial charge in [0.2, 0.25) is 0 Å². The van der Waals surface area contributed by atoms with Gasteiger partial charge in [0, 0.05) is 0 Å². The maximum Gasteiger partial charge on any atom is 0.122 e. The summed E-state index contributed by atoms with van der Waals surface area (Å²) in [6, 6.07) is 6.32. The molecule has 0 fully saturated rings. The van der Waals surface area contributed by atoms with Gasteiger partial charge in [0.1, 0.15) is 5.75 Å². The molecule has 0 aliphatic carbocycles. The molecular weight excluding hydrogens is 216 g/mol. The van der Waals surface area contributed by atoms with Crippen molar-refractivity contribution in [3.63, 3.8) is 0 Å². The Morgan fingerprint density at radius 2 is 2.00 bits per heavy atom. The van der Waals surface area contributed by atoms with Crippen LogP contribution < -0.4 is 4.74 Å². The first-order valence-corrected chi connectivity index (χ1v) is 6.57. The lowest BCUT2D eigenvalue weighted by atomic mass is 10.1. The third-order valence-corrected chi connectivity index (χ3v) is 3.08. The Balaban J connectivity index is 2.37. The molecule has 1 aromatic carbocycles. The molecule has 0 radical (unpaired) electrons. The van der Waals surface area contributed by atoms with E-state index in [1.165, 1.54) is 17.5 Å². The van der Waals surface area contributed by atoms with Gasteiger partial charge < -0.3 is 4.74 Å². The minimum absolute atomic E-state index is 0.697. The van der Waals surface area contributed by atoms with Gasteiger partial charge in [-0.2, -0.15) is 12.6 Å². The molecule has 0 aliphatic rings. The van der Waals surface area contributed by atoms with Crippen LogP contribution in [0.25, 0.3) is 0 Å². The summed E-state index contributed by atoms with van der Waals surface area (Å²) in [4.78, 5) is 0. The van der Waals surface area contributed by atoms with Crippen LogP contribution in [0, 0.1) is 19.8 Å². The first kappa shape index (κ1) is 13.4. The third-order valence-electron chi connectivity index (χ3n) is 2.82. The number of benzene rings is 1. The minimum Gasteiger partial charge on any atom is -0.493 e. The van der Waals surface area contributed by atoms with E-state index < -0.39 is 0 Å². The Morgan fingerprint density at radius 1 is 1.25 bits per heavy atom. The molecule has 0 bridgehead atoms. The van der Waals surface area contributed by atoms with Crippen LogP contribution in [-0.4, -0.2) is 12.4 Å². The molecule has 0 spiro atoms. The lowest BCUT2D eigenvalue weighted by Gasteiger charge is -2.12. The molecule has 0 saturated carbocycles. The lowest BCUT2D eigenvalue weighted by molar-refractivity contribution is 0.280. The normalized spacial score (nSPS) is 12.5. The molecule has 0 N–H and O–H groups in total. The number of ether oxygens (including phenoxy) is 1. The fourth-order valence-electron chi connectivity index (χ4n) is 1.70. The number of hydrogen-bond acceptors (Lipinski definition) is 2. The summed E-state index contributed by atoms with van der Waals surface area (Å²) in [5.74, 6) is 2.68. The molecule has 0 aliphatic heterocycles. The second-order valence-electron chi connectivity index (χ2n) is 4.52. The van der Waals surface area contributed by atoms with E-state index in [4.69, 9.17) is 4.74 Å². The van der Waals surface area contributed by atoms with E-state index >= 15 is 0 Å². The smallest absolute Gasteiger partial charge is 0.122 e. The van der Waals surface area contributed by atoms with Crippen molar-refractivity contribution < 1.29 is 4.74 Å². The molecular formula is C14H22OS. The molecule has 0 amide bonds. The van der Waals surface area contributed by atoms with Crippen molar-refractivity contribution in [2.24, 2.45) is 5.92 Å². The van der Waals surface area contributed by atoms with Crippen LogP contribution in [0.4, 0.5) is 0 Å². The Hall–Kier alpha value is -0.630. The lowest BCUT2D eigenvalue weighted by Crippen LogP contribution is -2.05. The number of hydrogen-bond donors (Lipinski definition) is 1. The first-order chi connectivity index (χ1) is 7.63. The van der Waals surface area contributed by atoms with E-state index in [2.05, 4.69) is 51.6 Å². The van der Waals surface area contributed by atoms with Crippen LogP contribution in [-0.2, 0) is 0 Å². The largest absolute Gasteiger partial charge is 0.493 e. The molecule has 0 aromatic heterocycles. The van der Waals surface area contributed by atoms with Gasteiger partial charge in [-0.25, -0.2) is 0 Å². The van der Waals surface area contributed by atoms with Crippen LogP contribution in [0.2, 0.25) is 0 Å². The van der Waals surface area contributed by atoms with Crippen molar-refractivity contribution in [2.75, 3.05) is 12.4 Å². The summed E-state index contributed by atoms with van der Waals surface area (Å²) in [5.41, 5.74) is 2.51. The molecule has 1 rings (SSSR count). The van der Waals surface area contributed by atoms with Gasteiger partial charge in [-0.15, -0.1) is 0 Å². The predicted molar refractivity (Wildman–Crippen MR) is 73.7 cm³/mol. The Kier molecular flexibility index (Phi) is 5.75. The van der Waals surface area contributed by atoms with E-state index in [9.17, 15) is 0 Å². The summed E-state index contributed by atoms with van der Waals surface area (Å²) in [6.07, 6.45) is 2.27. The zero-order valence-electron chi connectivity index (χ0n) is 10.5. The van der Waals surface area contributed by atoms with E-state index in [0.717, 1.165) is 24.5 Å². The van der Waals surface area contributed by atoms with E-state index in [0.29, 0.717) is 5.92 Å². The van der Waals surface area contributed by atoms with Crippen molar-refractivity contribution in [3.05, 3.63) is 29.3 Å². The van der Waals surface area contributed by atoms with Crippen molar-refractivity contribution in [1.82, 2.24) is 0 Å². The molecule has 16 heavy (non-hydrogen) atoms. The van der Waals surface area contributed by atoms with Crippen molar-refractivity contribution in [3.8, 4) is 5.75 Å². The van der Waals surface area contributed by atoms with Crippen molar-refractivity contribution >= 4 is 12.6 Å². The van der Waals surface area contributed by atoms with Crippen molar-refractivity contribution in [1.29, 1.82) is 0 Å². The van der Waals surface area contributed by atoms with Crippen LogP contribution in [0.5, 0.6) is 5.75 Å². The fourth-order valence-corrected chi connectivity index (χ4v) is 2.14. The van der Waals surface area contributed by atoms with E-state index in [1.54, 1.807) is 0 Å². The van der Waals surface area contributed by atoms with Crippen LogP contribution in [0.3, 0.4) is 0 Å². The predicted octanol–water partition coefficient (Wildman–Crippen LogP) is 4.03. The van der Waals surface area contributed by atoms with Gasteiger partial charge in [-0.05, 0) is 50.0 Å². The monoisotopic (exact) mass is 238 g/mol. The SMILES string of the molecule is Cc1ccc(OCCC(C)CCS)c(C)c1. The summed E-state index contributed by atoms with van der Waals surface area (Å²) >= 11 is 4.24. The van der Waals surface area contributed by atoms with Crippen molar-refractivity contribution in [2.45, 2.75) is 33.6 Å². The van der Waals surface area contributed by atoms with Gasteiger partial charge in [0.15, 0.2) is 0 Å². The highest BCUT2D eigenvalue weighted by molar-refractivity contribution is 7.80. The molecule has 0 saturated heterocycles. The minimum atomic E-state index is 0.697. The Bertz CT molecular complexity index is 323. The molecule has 1 atom stereocenters. The van der Waals surface area contributed by atoms with Crippen LogP contribution in [0.1, 0.15) is 30.9 Å². The maximum atomic E-state index is 5.78.